The van der Waals surface area contributed by atoms with E-state index in [1.54, 1.807) is 29.5 Å². The molecule has 3 aromatic rings. The number of thiazole rings is 1. The van der Waals surface area contributed by atoms with Crippen LogP contribution < -0.4 is 31.6 Å². The van der Waals surface area contributed by atoms with Crippen molar-refractivity contribution in [1.82, 2.24) is 0 Å². The van der Waals surface area contributed by atoms with Gasteiger partial charge in [0.15, 0.2) is 18.5 Å². The van der Waals surface area contributed by atoms with Gasteiger partial charge in [-0.05, 0) is 37.6 Å². The third-order valence-corrected chi connectivity index (χ3v) is 7.38. The second-order valence-electron chi connectivity index (χ2n) is 9.44. The summed E-state index contributed by atoms with van der Waals surface area (Å²) in [5.74, 6) is 0.250. The van der Waals surface area contributed by atoms with E-state index in [0.717, 1.165) is 30.6 Å². The van der Waals surface area contributed by atoms with Gasteiger partial charge in [-0.1, -0.05) is 106 Å². The average molecular weight is 608 g/mol. The van der Waals surface area contributed by atoms with Crippen LogP contribution in [0.3, 0.4) is 0 Å². The zero-order valence-electron chi connectivity index (χ0n) is 22.1. The van der Waals surface area contributed by atoms with Crippen molar-refractivity contribution < 1.29 is 31.1 Å². The lowest BCUT2D eigenvalue weighted by atomic mass is 10.1. The van der Waals surface area contributed by atoms with E-state index in [0.29, 0.717) is 22.9 Å². The maximum Gasteiger partial charge on any atom is 0.259 e. The summed E-state index contributed by atoms with van der Waals surface area (Å²) in [7, 11) is 0. The average Bonchev–Trinajstić information content (AvgIpc) is 3.27. The van der Waals surface area contributed by atoms with Crippen LogP contribution in [0.2, 0.25) is 5.02 Å². The van der Waals surface area contributed by atoms with Crippen molar-refractivity contribution in [3.05, 3.63) is 75.2 Å². The van der Waals surface area contributed by atoms with Crippen LogP contribution in [0.4, 0.5) is 5.69 Å². The fraction of sp³-hybridized carbons (Fsp3) is 0.467. The predicted molar refractivity (Wildman–Crippen MR) is 152 cm³/mol. The highest BCUT2D eigenvalue weighted by Gasteiger charge is 2.16. The molecule has 202 valence electrons. The summed E-state index contributed by atoms with van der Waals surface area (Å²) in [5, 5.41) is 3.48. The molecule has 0 saturated heterocycles. The molecule has 37 heavy (non-hydrogen) atoms. The molecule has 0 unspecified atom stereocenters. The number of aromatic nitrogens is 1. The van der Waals surface area contributed by atoms with E-state index in [1.165, 1.54) is 56.2 Å². The molecule has 1 heterocycles. The Morgan fingerprint density at radius 1 is 0.973 bits per heavy atom. The van der Waals surface area contributed by atoms with Crippen molar-refractivity contribution >= 4 is 34.5 Å². The second kappa shape index (κ2) is 17.6. The first kappa shape index (κ1) is 31.3. The number of hydrogen-bond acceptors (Lipinski definition) is 3. The number of anilines is 1. The van der Waals surface area contributed by atoms with Crippen molar-refractivity contribution in [3.8, 4) is 5.75 Å². The number of nitrogens with one attached hydrogen (secondary N) is 1. The number of rotatable bonds is 16. The molecule has 0 bridgehead atoms. The molecule has 3 rings (SSSR count). The highest BCUT2D eigenvalue weighted by atomic mass is 79.9. The highest BCUT2D eigenvalue weighted by Crippen LogP contribution is 2.30. The maximum absolute atomic E-state index is 13.1. The third-order valence-electron chi connectivity index (χ3n) is 6.23. The number of para-hydroxylation sites is 1. The summed E-state index contributed by atoms with van der Waals surface area (Å²) in [6.45, 7) is 5.68. The molecule has 0 aliphatic heterocycles. The van der Waals surface area contributed by atoms with Crippen LogP contribution in [-0.4, -0.2) is 12.5 Å². The fourth-order valence-corrected chi connectivity index (χ4v) is 5.15. The van der Waals surface area contributed by atoms with E-state index in [4.69, 9.17) is 16.3 Å². The second-order valence-corrected chi connectivity index (χ2v) is 10.9. The Kier molecular flexibility index (Phi) is 14.9. The molecule has 1 amide bonds. The monoisotopic (exact) mass is 606 g/mol. The van der Waals surface area contributed by atoms with E-state index in [2.05, 4.69) is 41.5 Å². The molecule has 7 heteroatoms. The Hall–Kier alpha value is -1.89. The standard InChI is InChI=1S/C30H39ClN2O2S.BrH/c1-3-4-5-6-7-8-9-10-11-12-19-35-29-27(17-14-18-28(29)31)30(34)32-26-16-13-15-25(20-26)22-33-21-24(2)36-23-33;/h13-18,20-21,23H,3-12,19,22H2,1-2H3;1H. The van der Waals surface area contributed by atoms with Gasteiger partial charge in [-0.3, -0.25) is 4.79 Å². The number of halogens is 2. The topological polar surface area (TPSA) is 42.2 Å². The van der Waals surface area contributed by atoms with Gasteiger partial charge in [0, 0.05) is 11.3 Å². The van der Waals surface area contributed by atoms with Crippen molar-refractivity contribution in [1.29, 1.82) is 0 Å². The quantitative estimate of drug-likeness (QED) is 0.170. The molecule has 1 aromatic heterocycles. The zero-order valence-corrected chi connectivity index (χ0v) is 25.3. The summed E-state index contributed by atoms with van der Waals surface area (Å²) >= 11 is 8.14. The van der Waals surface area contributed by atoms with Gasteiger partial charge in [0.1, 0.15) is 0 Å². The number of nitrogens with zero attached hydrogens (tertiary/aromatic N) is 1. The van der Waals surface area contributed by atoms with E-state index in [1.807, 2.05) is 18.2 Å². The van der Waals surface area contributed by atoms with Gasteiger partial charge in [0.25, 0.3) is 5.91 Å². The number of ether oxygens (including phenoxy) is 1. The molecule has 0 spiro atoms. The molecule has 0 aliphatic rings. The molecular weight excluding hydrogens is 568 g/mol. The van der Waals surface area contributed by atoms with Gasteiger partial charge in [-0.25, -0.2) is 0 Å². The first-order valence-electron chi connectivity index (χ1n) is 13.3. The lowest BCUT2D eigenvalue weighted by molar-refractivity contribution is -0.683. The fourth-order valence-electron chi connectivity index (χ4n) is 4.28. The minimum atomic E-state index is -0.216. The van der Waals surface area contributed by atoms with Crippen LogP contribution in [-0.2, 0) is 6.54 Å². The van der Waals surface area contributed by atoms with Crippen LogP contribution in [0.5, 0.6) is 5.75 Å². The third kappa shape index (κ3) is 11.2. The Morgan fingerprint density at radius 2 is 1.65 bits per heavy atom. The van der Waals surface area contributed by atoms with E-state index in [9.17, 15) is 4.79 Å². The Balaban J connectivity index is 0.00000481. The first-order chi connectivity index (χ1) is 17.6. The minimum absolute atomic E-state index is 0. The normalized spacial score (nSPS) is 10.7. The molecule has 1 N–H and O–H groups in total. The summed E-state index contributed by atoms with van der Waals surface area (Å²) in [6, 6.07) is 13.3. The molecule has 0 radical (unpaired) electrons. The largest absolute Gasteiger partial charge is 1.00 e. The maximum atomic E-state index is 13.1. The van der Waals surface area contributed by atoms with Crippen molar-refractivity contribution in [2.24, 2.45) is 0 Å². The Morgan fingerprint density at radius 3 is 2.32 bits per heavy atom. The van der Waals surface area contributed by atoms with Gasteiger partial charge >= 0.3 is 0 Å². The van der Waals surface area contributed by atoms with Crippen LogP contribution in [0.15, 0.2) is 54.2 Å². The lowest BCUT2D eigenvalue weighted by Crippen LogP contribution is -3.00. The van der Waals surface area contributed by atoms with Gasteiger partial charge in [-0.2, -0.15) is 4.57 Å². The first-order valence-corrected chi connectivity index (χ1v) is 14.6. The van der Waals surface area contributed by atoms with Crippen molar-refractivity contribution in [2.45, 2.75) is 84.6 Å². The Bertz CT molecular complexity index is 1090. The minimum Gasteiger partial charge on any atom is -1.00 e. The number of carbonyl (C=O) groups excluding carboxylic acids is 1. The smallest absolute Gasteiger partial charge is 0.259 e. The zero-order chi connectivity index (χ0) is 25.6. The molecule has 0 fully saturated rings. The van der Waals surface area contributed by atoms with Crippen molar-refractivity contribution in [2.75, 3.05) is 11.9 Å². The number of hydrogen-bond donors (Lipinski definition) is 1. The Labute approximate surface area is 242 Å². The van der Waals surface area contributed by atoms with Crippen LogP contribution >= 0.6 is 22.9 Å². The summed E-state index contributed by atoms with van der Waals surface area (Å²) in [5.41, 5.74) is 4.44. The van der Waals surface area contributed by atoms with E-state index in [-0.39, 0.29) is 22.9 Å². The van der Waals surface area contributed by atoms with Gasteiger partial charge in [0.05, 0.1) is 22.1 Å². The van der Waals surface area contributed by atoms with E-state index < -0.39 is 0 Å². The van der Waals surface area contributed by atoms with E-state index >= 15 is 0 Å². The highest BCUT2D eigenvalue weighted by molar-refractivity contribution is 7.09. The van der Waals surface area contributed by atoms with Crippen molar-refractivity contribution in [3.63, 3.8) is 0 Å². The number of carbonyl (C=O) groups is 1. The van der Waals surface area contributed by atoms with Gasteiger partial charge < -0.3 is 27.0 Å². The SMILES string of the molecule is CCCCCCCCCCCCOc1c(Cl)cccc1C(=O)Nc1cccc(C[n+]2csc(C)c2)c1.[Br-]. The number of unbranched alkanes of at least 4 members (excludes halogenated alkanes) is 9. The molecule has 0 saturated carbocycles. The van der Waals surface area contributed by atoms with Gasteiger partial charge in [0.2, 0.25) is 5.51 Å². The molecule has 0 aliphatic carbocycles. The van der Waals surface area contributed by atoms with Crippen LogP contribution in [0.25, 0.3) is 0 Å². The predicted octanol–water partition coefficient (Wildman–Crippen LogP) is 5.60. The summed E-state index contributed by atoms with van der Waals surface area (Å²) in [4.78, 5) is 14.4. The summed E-state index contributed by atoms with van der Waals surface area (Å²) < 4.78 is 8.16. The molecule has 4 nitrogen and oxygen atoms in total. The molecule has 2 aromatic carbocycles. The number of benzene rings is 2. The van der Waals surface area contributed by atoms with Gasteiger partial charge in [-0.15, -0.1) is 0 Å². The number of aryl methyl sites for hydroxylation is 1. The molecule has 0 atom stereocenters. The molecular formula is C30H40BrClN2O2S. The lowest BCUT2D eigenvalue weighted by Gasteiger charge is -2.13. The van der Waals surface area contributed by atoms with Crippen LogP contribution in [0.1, 0.15) is 91.9 Å². The number of amides is 1. The summed E-state index contributed by atoms with van der Waals surface area (Å²) in [6.07, 6.45) is 14.8. The van der Waals surface area contributed by atoms with Crippen LogP contribution in [0, 0.1) is 6.92 Å².